The lowest BCUT2D eigenvalue weighted by atomic mass is 10.1. The van der Waals surface area contributed by atoms with Gasteiger partial charge in [-0.15, -0.1) is 11.3 Å². The molecule has 2 rings (SSSR count). The first-order valence-electron chi connectivity index (χ1n) is 5.24. The Kier molecular flexibility index (Phi) is 3.37. The molecule has 0 radical (unpaired) electrons. The van der Waals surface area contributed by atoms with Crippen LogP contribution in [0, 0.1) is 0 Å². The van der Waals surface area contributed by atoms with Crippen molar-refractivity contribution in [3.8, 4) is 11.1 Å². The van der Waals surface area contributed by atoms with Crippen LogP contribution in [0.3, 0.4) is 0 Å². The van der Waals surface area contributed by atoms with Crippen molar-refractivity contribution in [2.45, 2.75) is 6.92 Å². The molecule has 1 amide bonds. The molecule has 0 aliphatic rings. The molecule has 0 spiro atoms. The fourth-order valence-corrected chi connectivity index (χ4v) is 2.40. The van der Waals surface area contributed by atoms with E-state index >= 15 is 0 Å². The van der Waals surface area contributed by atoms with Crippen molar-refractivity contribution in [1.29, 1.82) is 0 Å². The van der Waals surface area contributed by atoms with Crippen LogP contribution in [0.15, 0.2) is 41.8 Å². The van der Waals surface area contributed by atoms with Crippen LogP contribution in [-0.2, 0) is 0 Å². The maximum atomic E-state index is 11.8. The summed E-state index contributed by atoms with van der Waals surface area (Å²) in [5.41, 5.74) is 2.10. The van der Waals surface area contributed by atoms with Gasteiger partial charge in [-0.3, -0.25) is 4.79 Å². The lowest BCUT2D eigenvalue weighted by molar-refractivity contribution is 0.0960. The van der Waals surface area contributed by atoms with Crippen molar-refractivity contribution >= 4 is 17.2 Å². The summed E-state index contributed by atoms with van der Waals surface area (Å²) in [4.78, 5) is 12.6. The van der Waals surface area contributed by atoms with E-state index in [0.29, 0.717) is 6.54 Å². The third-order valence-corrected chi connectivity index (χ3v) is 3.21. The maximum Gasteiger partial charge on any atom is 0.261 e. The largest absolute Gasteiger partial charge is 0.352 e. The maximum absolute atomic E-state index is 11.8. The van der Waals surface area contributed by atoms with Gasteiger partial charge in [-0.2, -0.15) is 0 Å². The molecule has 3 heteroatoms. The van der Waals surface area contributed by atoms with Crippen molar-refractivity contribution in [2.75, 3.05) is 6.54 Å². The van der Waals surface area contributed by atoms with Crippen LogP contribution in [0.4, 0.5) is 0 Å². The average molecular weight is 231 g/mol. The lowest BCUT2D eigenvalue weighted by Gasteiger charge is -2.03. The molecule has 2 nitrogen and oxygen atoms in total. The third kappa shape index (κ3) is 2.14. The molecule has 0 saturated heterocycles. The lowest BCUT2D eigenvalue weighted by Crippen LogP contribution is -2.22. The Hall–Kier alpha value is -1.61. The van der Waals surface area contributed by atoms with Crippen molar-refractivity contribution in [3.63, 3.8) is 0 Å². The van der Waals surface area contributed by atoms with E-state index in [4.69, 9.17) is 0 Å². The zero-order valence-electron chi connectivity index (χ0n) is 9.07. The van der Waals surface area contributed by atoms with E-state index in [1.54, 1.807) is 0 Å². The summed E-state index contributed by atoms with van der Waals surface area (Å²) < 4.78 is 0. The van der Waals surface area contributed by atoms with Crippen LogP contribution < -0.4 is 5.32 Å². The Balaban J connectivity index is 2.37. The molecule has 0 fully saturated rings. The molecule has 82 valence electrons. The third-order valence-electron chi connectivity index (χ3n) is 2.29. The van der Waals surface area contributed by atoms with Crippen LogP contribution in [0.5, 0.6) is 0 Å². The minimum absolute atomic E-state index is 0.0105. The second-order valence-electron chi connectivity index (χ2n) is 3.39. The average Bonchev–Trinajstić information content (AvgIpc) is 2.79. The highest BCUT2D eigenvalue weighted by Gasteiger charge is 2.12. The first-order valence-corrected chi connectivity index (χ1v) is 6.12. The molecule has 0 aliphatic carbocycles. The van der Waals surface area contributed by atoms with Gasteiger partial charge in [0.15, 0.2) is 0 Å². The van der Waals surface area contributed by atoms with Crippen LogP contribution in [-0.4, -0.2) is 12.5 Å². The predicted octanol–water partition coefficient (Wildman–Crippen LogP) is 3.16. The molecular formula is C13H13NOS. The fraction of sp³-hybridized carbons (Fsp3) is 0.154. The summed E-state index contributed by atoms with van der Waals surface area (Å²) in [6, 6.07) is 12.0. The highest BCUT2D eigenvalue weighted by molar-refractivity contribution is 7.12. The first-order chi connectivity index (χ1) is 7.83. The molecule has 1 aromatic carbocycles. The Morgan fingerprint density at radius 1 is 1.25 bits per heavy atom. The topological polar surface area (TPSA) is 29.1 Å². The van der Waals surface area contributed by atoms with E-state index in [-0.39, 0.29) is 5.91 Å². The van der Waals surface area contributed by atoms with Gasteiger partial charge in [-0.25, -0.2) is 0 Å². The van der Waals surface area contributed by atoms with Gasteiger partial charge in [0, 0.05) is 12.1 Å². The number of amides is 1. The van der Waals surface area contributed by atoms with Crippen molar-refractivity contribution in [3.05, 3.63) is 46.7 Å². The van der Waals surface area contributed by atoms with Crippen molar-refractivity contribution in [2.24, 2.45) is 0 Å². The second-order valence-corrected chi connectivity index (χ2v) is 4.30. The van der Waals surface area contributed by atoms with Gasteiger partial charge < -0.3 is 5.32 Å². The van der Waals surface area contributed by atoms with E-state index in [1.807, 2.05) is 48.7 Å². The van der Waals surface area contributed by atoms with E-state index in [9.17, 15) is 4.79 Å². The van der Waals surface area contributed by atoms with E-state index in [2.05, 4.69) is 5.32 Å². The molecule has 16 heavy (non-hydrogen) atoms. The Bertz CT molecular complexity index is 476. The number of thiophene rings is 1. The van der Waals surface area contributed by atoms with Crippen molar-refractivity contribution < 1.29 is 4.79 Å². The van der Waals surface area contributed by atoms with E-state index in [1.165, 1.54) is 11.3 Å². The first kappa shape index (κ1) is 10.9. The highest BCUT2D eigenvalue weighted by atomic mass is 32.1. The quantitative estimate of drug-likeness (QED) is 0.863. The molecule has 1 heterocycles. The molecule has 1 aromatic heterocycles. The number of carbonyl (C=O) groups is 1. The molecule has 0 aliphatic heterocycles. The number of carbonyl (C=O) groups excluding carboxylic acids is 1. The van der Waals surface area contributed by atoms with E-state index < -0.39 is 0 Å². The summed E-state index contributed by atoms with van der Waals surface area (Å²) in [5, 5.41) is 4.78. The molecule has 0 atom stereocenters. The molecule has 0 saturated carbocycles. The molecule has 0 unspecified atom stereocenters. The summed E-state index contributed by atoms with van der Waals surface area (Å²) in [6.07, 6.45) is 0. The summed E-state index contributed by atoms with van der Waals surface area (Å²) in [7, 11) is 0. The number of hydrogen-bond donors (Lipinski definition) is 1. The zero-order chi connectivity index (χ0) is 11.4. The van der Waals surface area contributed by atoms with Gasteiger partial charge >= 0.3 is 0 Å². The molecule has 0 bridgehead atoms. The van der Waals surface area contributed by atoms with Crippen LogP contribution in [0.1, 0.15) is 16.6 Å². The summed E-state index contributed by atoms with van der Waals surface area (Å²) >= 11 is 1.48. The number of rotatable bonds is 3. The van der Waals surface area contributed by atoms with Crippen molar-refractivity contribution in [1.82, 2.24) is 5.32 Å². The minimum Gasteiger partial charge on any atom is -0.352 e. The molecular weight excluding hydrogens is 218 g/mol. The Morgan fingerprint density at radius 3 is 2.69 bits per heavy atom. The standard InChI is InChI=1S/C13H13NOS/c1-2-14-13(15)12-11(8-9-16-12)10-6-4-3-5-7-10/h3-9H,2H2,1H3,(H,14,15). The second kappa shape index (κ2) is 4.94. The van der Waals surface area contributed by atoms with Gasteiger partial charge in [0.05, 0.1) is 4.88 Å². The Morgan fingerprint density at radius 2 is 2.00 bits per heavy atom. The van der Waals surface area contributed by atoms with Gasteiger partial charge in [-0.05, 0) is 23.9 Å². The summed E-state index contributed by atoms with van der Waals surface area (Å²) in [5.74, 6) is 0.0105. The highest BCUT2D eigenvalue weighted by Crippen LogP contribution is 2.27. The van der Waals surface area contributed by atoms with Gasteiger partial charge in [0.2, 0.25) is 0 Å². The SMILES string of the molecule is CCNC(=O)c1sccc1-c1ccccc1. The fourth-order valence-electron chi connectivity index (χ4n) is 1.57. The number of nitrogens with one attached hydrogen (secondary N) is 1. The van der Waals surface area contributed by atoms with Gasteiger partial charge in [0.1, 0.15) is 0 Å². The van der Waals surface area contributed by atoms with Crippen LogP contribution >= 0.6 is 11.3 Å². The molecule has 2 aromatic rings. The van der Waals surface area contributed by atoms with Gasteiger partial charge in [0.25, 0.3) is 5.91 Å². The smallest absolute Gasteiger partial charge is 0.261 e. The molecule has 1 N–H and O–H groups in total. The number of benzene rings is 1. The van der Waals surface area contributed by atoms with E-state index in [0.717, 1.165) is 16.0 Å². The zero-order valence-corrected chi connectivity index (χ0v) is 9.88. The monoisotopic (exact) mass is 231 g/mol. The Labute approximate surface area is 98.9 Å². The van der Waals surface area contributed by atoms with Crippen LogP contribution in [0.2, 0.25) is 0 Å². The normalized spacial score (nSPS) is 10.1. The minimum atomic E-state index is 0.0105. The van der Waals surface area contributed by atoms with Gasteiger partial charge in [-0.1, -0.05) is 30.3 Å². The predicted molar refractivity (Wildman–Crippen MR) is 67.8 cm³/mol. The summed E-state index contributed by atoms with van der Waals surface area (Å²) in [6.45, 7) is 2.58. The van der Waals surface area contributed by atoms with Crippen LogP contribution in [0.25, 0.3) is 11.1 Å². The number of hydrogen-bond acceptors (Lipinski definition) is 2.